The molecule has 4 rings (SSSR count). The highest BCUT2D eigenvalue weighted by Gasteiger charge is 2.24. The van der Waals surface area contributed by atoms with Crippen molar-refractivity contribution in [3.05, 3.63) is 10.9 Å². The first kappa shape index (κ1) is 17.1. The monoisotopic (exact) mass is 376 g/mol. The van der Waals surface area contributed by atoms with Gasteiger partial charge in [-0.15, -0.1) is 11.3 Å². The average Bonchev–Trinajstić information content (AvgIpc) is 3.24. The zero-order valence-corrected chi connectivity index (χ0v) is 16.3. The van der Waals surface area contributed by atoms with Crippen LogP contribution in [0.1, 0.15) is 48.2 Å². The Bertz CT molecular complexity index is 762. The molecule has 0 aromatic carbocycles. The summed E-state index contributed by atoms with van der Waals surface area (Å²) in [6.45, 7) is 3.86. The highest BCUT2D eigenvalue weighted by atomic mass is 32.2. The number of carbonyl (C=O) groups excluding carboxylic acids is 1. The molecule has 7 heteroatoms. The van der Waals surface area contributed by atoms with Crippen LogP contribution in [-0.2, 0) is 0 Å². The van der Waals surface area contributed by atoms with Gasteiger partial charge in [-0.3, -0.25) is 4.79 Å². The number of hydrogen-bond donors (Lipinski definition) is 0. The van der Waals surface area contributed by atoms with E-state index in [1.807, 2.05) is 17.2 Å². The maximum atomic E-state index is 13.0. The number of amides is 1. The number of likely N-dealkylation sites (tertiary alicyclic amines) is 1. The van der Waals surface area contributed by atoms with Crippen LogP contribution in [0, 0.1) is 0 Å². The molecule has 2 aromatic rings. The van der Waals surface area contributed by atoms with Crippen LogP contribution in [0.3, 0.4) is 0 Å². The fourth-order valence-electron chi connectivity index (χ4n) is 3.68. The van der Waals surface area contributed by atoms with E-state index >= 15 is 0 Å². The van der Waals surface area contributed by atoms with Gasteiger partial charge in [-0.25, -0.2) is 9.97 Å². The molecule has 0 atom stereocenters. The Balaban J connectivity index is 1.70. The summed E-state index contributed by atoms with van der Waals surface area (Å²) in [7, 11) is 0. The molecule has 5 nitrogen and oxygen atoms in total. The normalized spacial score (nSPS) is 18.8. The zero-order chi connectivity index (χ0) is 17.2. The van der Waals surface area contributed by atoms with Crippen molar-refractivity contribution in [2.75, 3.05) is 37.3 Å². The van der Waals surface area contributed by atoms with Crippen LogP contribution < -0.4 is 4.90 Å². The van der Waals surface area contributed by atoms with E-state index in [4.69, 9.17) is 4.98 Å². The van der Waals surface area contributed by atoms with Crippen molar-refractivity contribution in [1.29, 1.82) is 0 Å². The first-order valence-corrected chi connectivity index (χ1v) is 11.2. The van der Waals surface area contributed by atoms with Crippen LogP contribution in [-0.4, -0.2) is 53.2 Å². The fourth-order valence-corrected chi connectivity index (χ4v) is 5.10. The fraction of sp³-hybridized carbons (Fsp3) is 0.611. The molecule has 2 aromatic heterocycles. The first-order chi connectivity index (χ1) is 12.3. The molecule has 2 aliphatic heterocycles. The minimum atomic E-state index is 0.169. The van der Waals surface area contributed by atoms with Gasteiger partial charge in [-0.1, -0.05) is 24.6 Å². The van der Waals surface area contributed by atoms with E-state index in [0.29, 0.717) is 0 Å². The second kappa shape index (κ2) is 7.50. The molecule has 1 amide bonds. The summed E-state index contributed by atoms with van der Waals surface area (Å²) in [5, 5.41) is 1.84. The Morgan fingerprint density at radius 2 is 1.72 bits per heavy atom. The van der Waals surface area contributed by atoms with Gasteiger partial charge in [-0.05, 0) is 38.0 Å². The summed E-state index contributed by atoms with van der Waals surface area (Å²) in [5.41, 5.74) is 0. The lowest BCUT2D eigenvalue weighted by Gasteiger charge is -2.19. The number of thioether (sulfide) groups is 1. The van der Waals surface area contributed by atoms with Crippen molar-refractivity contribution in [1.82, 2.24) is 14.9 Å². The molecule has 0 spiro atoms. The van der Waals surface area contributed by atoms with Crippen molar-refractivity contribution >= 4 is 45.0 Å². The minimum absolute atomic E-state index is 0.169. The predicted molar refractivity (Wildman–Crippen MR) is 105 cm³/mol. The largest absolute Gasteiger partial charge is 0.356 e. The Labute approximate surface area is 156 Å². The van der Waals surface area contributed by atoms with Crippen LogP contribution in [0.4, 0.5) is 5.82 Å². The van der Waals surface area contributed by atoms with Gasteiger partial charge in [0.15, 0.2) is 5.16 Å². The van der Waals surface area contributed by atoms with Gasteiger partial charge in [-0.2, -0.15) is 0 Å². The van der Waals surface area contributed by atoms with E-state index in [2.05, 4.69) is 9.88 Å². The number of aromatic nitrogens is 2. The van der Waals surface area contributed by atoms with E-state index in [1.54, 1.807) is 11.8 Å². The highest BCUT2D eigenvalue weighted by Crippen LogP contribution is 2.34. The third-order valence-corrected chi connectivity index (χ3v) is 6.61. The smallest absolute Gasteiger partial charge is 0.264 e. The molecular formula is C18H24N4OS2. The Hall–Kier alpha value is -1.34. The summed E-state index contributed by atoms with van der Waals surface area (Å²) in [6, 6.07) is 2.03. The lowest BCUT2D eigenvalue weighted by molar-refractivity contribution is 0.0766. The van der Waals surface area contributed by atoms with Gasteiger partial charge in [0.2, 0.25) is 0 Å². The van der Waals surface area contributed by atoms with Crippen LogP contribution in [0.15, 0.2) is 11.2 Å². The topological polar surface area (TPSA) is 49.3 Å². The summed E-state index contributed by atoms with van der Waals surface area (Å²) in [5.74, 6) is 1.18. The van der Waals surface area contributed by atoms with E-state index in [9.17, 15) is 4.79 Å². The Morgan fingerprint density at radius 3 is 2.40 bits per heavy atom. The third kappa shape index (κ3) is 3.49. The molecule has 4 heterocycles. The maximum absolute atomic E-state index is 13.0. The number of carbonyl (C=O) groups is 1. The Kier molecular flexibility index (Phi) is 5.12. The van der Waals surface area contributed by atoms with Crippen LogP contribution in [0.2, 0.25) is 0 Å². The van der Waals surface area contributed by atoms with Gasteiger partial charge < -0.3 is 9.80 Å². The standard InChI is InChI=1S/C18H24N4OS2/c1-24-18-19-15(21-8-6-7-9-21)13-12-14(25-16(13)20-18)17(23)22-10-4-2-3-5-11-22/h12H,2-11H2,1H3. The number of hydrogen-bond acceptors (Lipinski definition) is 6. The molecule has 2 saturated heterocycles. The summed E-state index contributed by atoms with van der Waals surface area (Å²) >= 11 is 3.09. The third-order valence-electron chi connectivity index (χ3n) is 5.04. The van der Waals surface area contributed by atoms with Gasteiger partial charge >= 0.3 is 0 Å². The van der Waals surface area contributed by atoms with E-state index in [1.165, 1.54) is 37.0 Å². The number of anilines is 1. The SMILES string of the molecule is CSc1nc(N2CCCC2)c2cc(C(=O)N3CCCCCC3)sc2n1. The predicted octanol–water partition coefficient (Wildman–Crippen LogP) is 4.03. The maximum Gasteiger partial charge on any atom is 0.264 e. The molecule has 2 fully saturated rings. The van der Waals surface area contributed by atoms with Crippen LogP contribution in [0.5, 0.6) is 0 Å². The van der Waals surface area contributed by atoms with Gasteiger partial charge in [0.05, 0.1) is 10.3 Å². The molecule has 0 saturated carbocycles. The quantitative estimate of drug-likeness (QED) is 0.598. The number of fused-ring (bicyclic) bond motifs is 1. The van der Waals surface area contributed by atoms with E-state index in [-0.39, 0.29) is 5.91 Å². The molecule has 134 valence electrons. The van der Waals surface area contributed by atoms with Gasteiger partial charge in [0.25, 0.3) is 5.91 Å². The summed E-state index contributed by atoms with van der Waals surface area (Å²) in [4.78, 5) is 28.5. The minimum Gasteiger partial charge on any atom is -0.356 e. The molecule has 0 unspecified atom stereocenters. The number of rotatable bonds is 3. The molecule has 0 radical (unpaired) electrons. The molecule has 0 bridgehead atoms. The van der Waals surface area contributed by atoms with Crippen molar-refractivity contribution in [2.45, 2.75) is 43.7 Å². The van der Waals surface area contributed by atoms with Crippen molar-refractivity contribution in [2.24, 2.45) is 0 Å². The first-order valence-electron chi connectivity index (χ1n) is 9.16. The Morgan fingerprint density at radius 1 is 1.04 bits per heavy atom. The van der Waals surface area contributed by atoms with Crippen LogP contribution >= 0.6 is 23.1 Å². The average molecular weight is 377 g/mol. The second-order valence-corrected chi connectivity index (χ2v) is 8.57. The molecular weight excluding hydrogens is 352 g/mol. The lowest BCUT2D eigenvalue weighted by atomic mass is 10.2. The molecule has 0 aliphatic carbocycles. The van der Waals surface area contributed by atoms with Crippen molar-refractivity contribution in [3.63, 3.8) is 0 Å². The summed E-state index contributed by atoms with van der Waals surface area (Å²) in [6.07, 6.45) is 9.13. The molecule has 2 aliphatic rings. The van der Waals surface area contributed by atoms with Crippen molar-refractivity contribution < 1.29 is 4.79 Å². The van der Waals surface area contributed by atoms with Gasteiger partial charge in [0.1, 0.15) is 10.6 Å². The summed E-state index contributed by atoms with van der Waals surface area (Å²) < 4.78 is 0. The van der Waals surface area contributed by atoms with Gasteiger partial charge in [0, 0.05) is 26.2 Å². The van der Waals surface area contributed by atoms with Crippen LogP contribution in [0.25, 0.3) is 10.2 Å². The molecule has 25 heavy (non-hydrogen) atoms. The zero-order valence-electron chi connectivity index (χ0n) is 14.7. The highest BCUT2D eigenvalue weighted by molar-refractivity contribution is 7.98. The molecule has 0 N–H and O–H groups in total. The number of nitrogens with zero attached hydrogens (tertiary/aromatic N) is 4. The lowest BCUT2D eigenvalue weighted by Crippen LogP contribution is -2.31. The second-order valence-electron chi connectivity index (χ2n) is 6.76. The van der Waals surface area contributed by atoms with E-state index in [0.717, 1.165) is 65.1 Å². The van der Waals surface area contributed by atoms with Crippen molar-refractivity contribution in [3.8, 4) is 0 Å². The van der Waals surface area contributed by atoms with E-state index < -0.39 is 0 Å². The number of thiophene rings is 1.